The van der Waals surface area contributed by atoms with Crippen LogP contribution in [0.2, 0.25) is 0 Å². The van der Waals surface area contributed by atoms with Gasteiger partial charge in [0.05, 0.1) is 5.69 Å². The summed E-state index contributed by atoms with van der Waals surface area (Å²) >= 11 is 0. The standard InChI is InChI=1S/C15H15NO4/c1-4-9-7(2)10-5-11-14(19-6-12(17)16-11)8(3)13(10)20-15(9)18/h5H,4,6H2,1-3H3,(H,16,17). The number of fused-ring (bicyclic) bond motifs is 2. The smallest absolute Gasteiger partial charge is 0.339 e. The van der Waals surface area contributed by atoms with Crippen molar-refractivity contribution in [3.8, 4) is 5.75 Å². The molecule has 0 unspecified atom stereocenters. The summed E-state index contributed by atoms with van der Waals surface area (Å²) in [5, 5.41) is 3.63. The molecule has 0 bridgehead atoms. The number of rotatable bonds is 1. The van der Waals surface area contributed by atoms with Gasteiger partial charge in [-0.15, -0.1) is 0 Å². The van der Waals surface area contributed by atoms with E-state index in [1.165, 1.54) is 0 Å². The Bertz CT molecular complexity index is 789. The number of ether oxygens (including phenoxy) is 1. The maximum absolute atomic E-state index is 12.0. The van der Waals surface area contributed by atoms with Crippen LogP contribution in [-0.4, -0.2) is 12.5 Å². The summed E-state index contributed by atoms with van der Waals surface area (Å²) in [5.41, 5.74) is 3.15. The first-order valence-corrected chi connectivity index (χ1v) is 6.55. The van der Waals surface area contributed by atoms with Gasteiger partial charge in [-0.1, -0.05) is 6.92 Å². The quantitative estimate of drug-likeness (QED) is 0.809. The zero-order valence-electron chi connectivity index (χ0n) is 11.6. The fourth-order valence-corrected chi connectivity index (χ4v) is 2.67. The van der Waals surface area contributed by atoms with E-state index < -0.39 is 0 Å². The molecule has 3 rings (SSSR count). The van der Waals surface area contributed by atoms with Gasteiger partial charge in [0.15, 0.2) is 6.61 Å². The van der Waals surface area contributed by atoms with E-state index in [0.717, 1.165) is 16.5 Å². The van der Waals surface area contributed by atoms with Gasteiger partial charge in [0.25, 0.3) is 5.91 Å². The summed E-state index contributed by atoms with van der Waals surface area (Å²) in [6, 6.07) is 1.81. The lowest BCUT2D eigenvalue weighted by atomic mass is 10.0. The minimum Gasteiger partial charge on any atom is -0.481 e. The molecule has 0 fully saturated rings. The summed E-state index contributed by atoms with van der Waals surface area (Å²) in [6.45, 7) is 5.62. The van der Waals surface area contributed by atoms with E-state index in [4.69, 9.17) is 9.15 Å². The number of hydrogen-bond acceptors (Lipinski definition) is 4. The second-order valence-electron chi connectivity index (χ2n) is 4.94. The van der Waals surface area contributed by atoms with Gasteiger partial charge in [-0.25, -0.2) is 4.79 Å². The second kappa shape index (κ2) is 4.37. The summed E-state index contributed by atoms with van der Waals surface area (Å²) in [6.07, 6.45) is 0.614. The first kappa shape index (κ1) is 12.7. The van der Waals surface area contributed by atoms with Gasteiger partial charge in [0, 0.05) is 16.5 Å². The van der Waals surface area contributed by atoms with Crippen molar-refractivity contribution in [1.82, 2.24) is 0 Å². The van der Waals surface area contributed by atoms with Gasteiger partial charge in [-0.2, -0.15) is 0 Å². The van der Waals surface area contributed by atoms with Crippen LogP contribution in [-0.2, 0) is 11.2 Å². The molecule has 0 aliphatic carbocycles. The highest BCUT2D eigenvalue weighted by molar-refractivity contribution is 6.00. The lowest BCUT2D eigenvalue weighted by molar-refractivity contribution is -0.118. The highest BCUT2D eigenvalue weighted by atomic mass is 16.5. The Kier molecular flexibility index (Phi) is 2.78. The van der Waals surface area contributed by atoms with Crippen molar-refractivity contribution in [3.05, 3.63) is 33.2 Å². The first-order valence-electron chi connectivity index (χ1n) is 6.55. The van der Waals surface area contributed by atoms with Gasteiger partial charge in [-0.05, 0) is 31.9 Å². The minimum absolute atomic E-state index is 0.0182. The predicted octanol–water partition coefficient (Wildman–Crippen LogP) is 2.30. The molecule has 2 aromatic rings. The number of anilines is 1. The molecular formula is C15H15NO4. The highest BCUT2D eigenvalue weighted by Crippen LogP contribution is 2.38. The van der Waals surface area contributed by atoms with Gasteiger partial charge in [0.2, 0.25) is 0 Å². The van der Waals surface area contributed by atoms with Crippen LogP contribution in [0.1, 0.15) is 23.6 Å². The maximum atomic E-state index is 12.0. The number of hydrogen-bond donors (Lipinski definition) is 1. The molecule has 1 aliphatic heterocycles. The van der Waals surface area contributed by atoms with Crippen LogP contribution in [0.15, 0.2) is 15.3 Å². The third-order valence-corrected chi connectivity index (χ3v) is 3.73. The second-order valence-corrected chi connectivity index (χ2v) is 4.94. The van der Waals surface area contributed by atoms with Gasteiger partial charge in [0.1, 0.15) is 11.3 Å². The van der Waals surface area contributed by atoms with Crippen molar-refractivity contribution in [2.75, 3.05) is 11.9 Å². The van der Waals surface area contributed by atoms with Gasteiger partial charge < -0.3 is 14.5 Å². The highest BCUT2D eigenvalue weighted by Gasteiger charge is 2.22. The Labute approximate surface area is 115 Å². The molecule has 1 aromatic heterocycles. The van der Waals surface area contributed by atoms with Crippen molar-refractivity contribution >= 4 is 22.6 Å². The fourth-order valence-electron chi connectivity index (χ4n) is 2.67. The minimum atomic E-state index is -0.305. The number of aryl methyl sites for hydroxylation is 2. The zero-order valence-corrected chi connectivity index (χ0v) is 11.6. The molecule has 0 spiro atoms. The molecular weight excluding hydrogens is 258 g/mol. The molecule has 1 aliphatic rings. The number of carbonyl (C=O) groups excluding carboxylic acids is 1. The lowest BCUT2D eigenvalue weighted by Crippen LogP contribution is -2.26. The largest absolute Gasteiger partial charge is 0.481 e. The summed E-state index contributed by atoms with van der Waals surface area (Å²) in [7, 11) is 0. The van der Waals surface area contributed by atoms with E-state index in [1.807, 2.05) is 26.8 Å². The van der Waals surface area contributed by atoms with E-state index in [1.54, 1.807) is 0 Å². The Balaban J connectivity index is 2.40. The molecule has 2 heterocycles. The van der Waals surface area contributed by atoms with E-state index in [-0.39, 0.29) is 18.1 Å². The third kappa shape index (κ3) is 1.70. The van der Waals surface area contributed by atoms with Crippen LogP contribution in [0.25, 0.3) is 11.0 Å². The fraction of sp³-hybridized carbons (Fsp3) is 0.333. The molecule has 1 amide bonds. The number of amides is 1. The van der Waals surface area contributed by atoms with Crippen LogP contribution in [0.3, 0.4) is 0 Å². The topological polar surface area (TPSA) is 68.5 Å². The van der Waals surface area contributed by atoms with Crippen molar-refractivity contribution in [1.29, 1.82) is 0 Å². The van der Waals surface area contributed by atoms with Crippen LogP contribution in [0.4, 0.5) is 5.69 Å². The van der Waals surface area contributed by atoms with Crippen molar-refractivity contribution in [2.45, 2.75) is 27.2 Å². The molecule has 0 saturated carbocycles. The average molecular weight is 273 g/mol. The van der Waals surface area contributed by atoms with E-state index in [9.17, 15) is 9.59 Å². The predicted molar refractivity (Wildman–Crippen MR) is 75.5 cm³/mol. The van der Waals surface area contributed by atoms with Crippen molar-refractivity contribution in [3.63, 3.8) is 0 Å². The van der Waals surface area contributed by atoms with Gasteiger partial charge >= 0.3 is 5.63 Å². The molecule has 5 nitrogen and oxygen atoms in total. The normalized spacial score (nSPS) is 13.8. The number of nitrogens with one attached hydrogen (secondary N) is 1. The maximum Gasteiger partial charge on any atom is 0.339 e. The monoisotopic (exact) mass is 273 g/mol. The molecule has 1 N–H and O–H groups in total. The summed E-state index contributed by atoms with van der Waals surface area (Å²) < 4.78 is 10.9. The molecule has 0 atom stereocenters. The Morgan fingerprint density at radius 3 is 2.70 bits per heavy atom. The lowest BCUT2D eigenvalue weighted by Gasteiger charge is -2.21. The van der Waals surface area contributed by atoms with Crippen LogP contribution in [0, 0.1) is 13.8 Å². The molecule has 0 saturated heterocycles. The molecule has 1 aromatic carbocycles. The SMILES string of the molecule is CCc1c(C)c2cc3c(c(C)c2oc1=O)OCC(=O)N3. The zero-order chi connectivity index (χ0) is 14.4. The molecule has 0 radical (unpaired) electrons. The summed E-state index contributed by atoms with van der Waals surface area (Å²) in [5.74, 6) is 0.394. The van der Waals surface area contributed by atoms with Crippen LogP contribution >= 0.6 is 0 Å². The Morgan fingerprint density at radius 2 is 2.00 bits per heavy atom. The van der Waals surface area contributed by atoms with Gasteiger partial charge in [-0.3, -0.25) is 4.79 Å². The molecule has 5 heteroatoms. The number of carbonyl (C=O) groups is 1. The number of benzene rings is 1. The van der Waals surface area contributed by atoms with Crippen LogP contribution in [0.5, 0.6) is 5.75 Å². The summed E-state index contributed by atoms with van der Waals surface area (Å²) in [4.78, 5) is 23.4. The molecule has 104 valence electrons. The third-order valence-electron chi connectivity index (χ3n) is 3.73. The Morgan fingerprint density at radius 1 is 1.25 bits per heavy atom. The molecule has 20 heavy (non-hydrogen) atoms. The van der Waals surface area contributed by atoms with E-state index >= 15 is 0 Å². The van der Waals surface area contributed by atoms with Crippen LogP contribution < -0.4 is 15.7 Å². The average Bonchev–Trinajstić information content (AvgIpc) is 2.41. The van der Waals surface area contributed by atoms with Crippen molar-refractivity contribution in [2.24, 2.45) is 0 Å². The van der Waals surface area contributed by atoms with E-state index in [2.05, 4.69) is 5.32 Å². The van der Waals surface area contributed by atoms with Crippen molar-refractivity contribution < 1.29 is 13.9 Å². The first-order chi connectivity index (χ1) is 9.52. The van der Waals surface area contributed by atoms with E-state index in [0.29, 0.717) is 29.0 Å². The Hall–Kier alpha value is -2.30.